The third kappa shape index (κ3) is 21.2. The van der Waals surface area contributed by atoms with Gasteiger partial charge in [0, 0.05) is 0 Å². The Morgan fingerprint density at radius 1 is 0.367 bits per heavy atom. The van der Waals surface area contributed by atoms with Crippen LogP contribution in [0.15, 0.2) is 0 Å². The van der Waals surface area contributed by atoms with Crippen molar-refractivity contribution in [2.75, 3.05) is 54.4 Å². The minimum absolute atomic E-state index is 0.504. The second kappa shape index (κ2) is 14.1. The summed E-state index contributed by atoms with van der Waals surface area (Å²) in [5.74, 6) is 0. The Balaban J connectivity index is 3.71. The van der Waals surface area contributed by atoms with Crippen LogP contribution in [0.4, 0.5) is 0 Å². The van der Waals surface area contributed by atoms with Gasteiger partial charge in [-0.1, -0.05) is 54.4 Å². The molecular weight excluding hydrogens is 364 g/mol. The van der Waals surface area contributed by atoms with Gasteiger partial charge in [-0.3, -0.25) is 0 Å². The molecule has 0 saturated carbocycles. The van der Waals surface area contributed by atoms with E-state index < -0.39 is 0 Å². The van der Waals surface area contributed by atoms with E-state index in [1.165, 1.54) is 112 Å². The van der Waals surface area contributed by atoms with Gasteiger partial charge in [0.15, 0.2) is 0 Å². The maximum atomic E-state index is 2.43. The molecule has 0 aromatic carbocycles. The summed E-state index contributed by atoms with van der Waals surface area (Å²) < 4.78 is 2.43. The smallest absolute Gasteiger partial charge is 0.0782 e. The van der Waals surface area contributed by atoms with E-state index in [1.807, 2.05) is 0 Å². The van der Waals surface area contributed by atoms with Crippen molar-refractivity contribution in [2.45, 2.75) is 119 Å². The Hall–Kier alpha value is -0.0800. The zero-order valence-electron chi connectivity index (χ0n) is 23.2. The van der Waals surface area contributed by atoms with E-state index in [2.05, 4.69) is 69.7 Å². The fraction of sp³-hybridized carbons (Fsp3) is 1.00. The quantitative estimate of drug-likeness (QED) is 0.164. The fourth-order valence-electron chi connectivity index (χ4n) is 4.40. The SMILES string of the molecule is CC(C)(C)CCCCC[N+](C)(C)CCCCCC[N+](C)(C)CCCCCC(C)(C)C. The minimum atomic E-state index is 0.504. The summed E-state index contributed by atoms with van der Waals surface area (Å²) >= 11 is 0. The van der Waals surface area contributed by atoms with Gasteiger partial charge >= 0.3 is 0 Å². The lowest BCUT2D eigenvalue weighted by Gasteiger charge is -2.31. The van der Waals surface area contributed by atoms with Gasteiger partial charge in [0.25, 0.3) is 0 Å². The van der Waals surface area contributed by atoms with Crippen LogP contribution in [0.5, 0.6) is 0 Å². The molecular formula is C28H62N2+2. The van der Waals surface area contributed by atoms with Crippen molar-refractivity contribution < 1.29 is 8.97 Å². The number of nitrogens with zero attached hydrogens (tertiary/aromatic N) is 2. The Kier molecular flexibility index (Phi) is 14.1. The molecule has 0 fully saturated rings. The van der Waals surface area contributed by atoms with E-state index >= 15 is 0 Å². The lowest BCUT2D eigenvalue weighted by atomic mass is 9.89. The Bertz CT molecular complexity index is 369. The molecule has 0 aromatic rings. The van der Waals surface area contributed by atoms with Crippen LogP contribution in [0.2, 0.25) is 0 Å². The molecule has 0 saturated heterocycles. The first-order chi connectivity index (χ1) is 13.6. The predicted octanol–water partition coefficient (Wildman–Crippen LogP) is 7.91. The molecule has 0 rings (SSSR count). The molecule has 0 spiro atoms. The fourth-order valence-corrected chi connectivity index (χ4v) is 4.40. The normalized spacial score (nSPS) is 13.8. The molecule has 0 aliphatic heterocycles. The van der Waals surface area contributed by atoms with Gasteiger partial charge < -0.3 is 8.97 Å². The van der Waals surface area contributed by atoms with Crippen LogP contribution >= 0.6 is 0 Å². The first kappa shape index (κ1) is 29.9. The van der Waals surface area contributed by atoms with Crippen LogP contribution in [0.25, 0.3) is 0 Å². The van der Waals surface area contributed by atoms with Gasteiger partial charge in [-0.15, -0.1) is 0 Å². The van der Waals surface area contributed by atoms with E-state index in [4.69, 9.17) is 0 Å². The summed E-state index contributed by atoms with van der Waals surface area (Å²) in [5, 5.41) is 0. The van der Waals surface area contributed by atoms with Gasteiger partial charge in [0.05, 0.1) is 54.4 Å². The molecule has 0 unspecified atom stereocenters. The topological polar surface area (TPSA) is 0 Å². The van der Waals surface area contributed by atoms with Crippen molar-refractivity contribution in [1.82, 2.24) is 0 Å². The number of unbranched alkanes of at least 4 members (excludes halogenated alkanes) is 7. The Morgan fingerprint density at radius 3 is 0.833 bits per heavy atom. The molecule has 0 amide bonds. The number of rotatable bonds is 17. The van der Waals surface area contributed by atoms with Gasteiger partial charge in [-0.25, -0.2) is 0 Å². The highest BCUT2D eigenvalue weighted by atomic mass is 15.3. The van der Waals surface area contributed by atoms with E-state index in [0.29, 0.717) is 10.8 Å². The number of hydrogen-bond donors (Lipinski definition) is 0. The highest BCUT2D eigenvalue weighted by Gasteiger charge is 2.17. The third-order valence-electron chi connectivity index (χ3n) is 6.66. The Morgan fingerprint density at radius 2 is 0.600 bits per heavy atom. The van der Waals surface area contributed by atoms with Crippen LogP contribution < -0.4 is 0 Å². The largest absolute Gasteiger partial charge is 0.328 e. The second-order valence-electron chi connectivity index (χ2n) is 13.9. The number of hydrogen-bond acceptors (Lipinski definition) is 0. The summed E-state index contributed by atoms with van der Waals surface area (Å²) in [7, 11) is 9.74. The van der Waals surface area contributed by atoms with Crippen molar-refractivity contribution in [1.29, 1.82) is 0 Å². The van der Waals surface area contributed by atoms with Crippen molar-refractivity contribution in [3.8, 4) is 0 Å². The average Bonchev–Trinajstić information content (AvgIpc) is 2.55. The maximum Gasteiger partial charge on any atom is 0.0782 e. The average molecular weight is 427 g/mol. The zero-order chi connectivity index (χ0) is 23.3. The standard InChI is InChI=1S/C28H62N2/c1-27(2,3)21-15-13-19-25-29(7,8)23-17-11-12-18-24-30(9,10)26-20-14-16-22-28(4,5)6/h11-26H2,1-10H3/q+2. The molecule has 2 nitrogen and oxygen atoms in total. The van der Waals surface area contributed by atoms with Gasteiger partial charge in [0.1, 0.15) is 0 Å². The van der Waals surface area contributed by atoms with E-state index in [-0.39, 0.29) is 0 Å². The summed E-state index contributed by atoms with van der Waals surface area (Å²) in [4.78, 5) is 0. The summed E-state index contributed by atoms with van der Waals surface area (Å²) in [6.07, 6.45) is 16.7. The predicted molar refractivity (Wildman–Crippen MR) is 138 cm³/mol. The number of quaternary nitrogens is 2. The van der Waals surface area contributed by atoms with Crippen molar-refractivity contribution in [3.63, 3.8) is 0 Å². The van der Waals surface area contributed by atoms with Crippen molar-refractivity contribution in [2.24, 2.45) is 10.8 Å². The molecule has 0 aromatic heterocycles. The summed E-state index contributed by atoms with van der Waals surface area (Å²) in [5.41, 5.74) is 1.01. The monoisotopic (exact) mass is 426 g/mol. The first-order valence-electron chi connectivity index (χ1n) is 13.3. The van der Waals surface area contributed by atoms with Crippen LogP contribution in [-0.4, -0.2) is 63.3 Å². The minimum Gasteiger partial charge on any atom is -0.328 e. The molecule has 0 aliphatic carbocycles. The van der Waals surface area contributed by atoms with Gasteiger partial charge in [-0.05, 0) is 75.0 Å². The molecule has 2 heteroatoms. The van der Waals surface area contributed by atoms with Crippen LogP contribution in [0, 0.1) is 10.8 Å². The lowest BCUT2D eigenvalue weighted by Crippen LogP contribution is -2.41. The third-order valence-corrected chi connectivity index (χ3v) is 6.66. The molecule has 182 valence electrons. The van der Waals surface area contributed by atoms with Crippen LogP contribution in [0.3, 0.4) is 0 Å². The van der Waals surface area contributed by atoms with E-state index in [9.17, 15) is 0 Å². The summed E-state index contributed by atoms with van der Waals surface area (Å²) in [6.45, 7) is 19.6. The molecule has 0 bridgehead atoms. The van der Waals surface area contributed by atoms with Crippen molar-refractivity contribution in [3.05, 3.63) is 0 Å². The molecule has 0 heterocycles. The highest BCUT2D eigenvalue weighted by Crippen LogP contribution is 2.23. The van der Waals surface area contributed by atoms with Crippen molar-refractivity contribution >= 4 is 0 Å². The van der Waals surface area contributed by atoms with E-state index in [0.717, 1.165) is 0 Å². The first-order valence-corrected chi connectivity index (χ1v) is 13.3. The molecule has 30 heavy (non-hydrogen) atoms. The molecule has 0 N–H and O–H groups in total. The van der Waals surface area contributed by atoms with Crippen LogP contribution in [0.1, 0.15) is 119 Å². The molecule has 0 atom stereocenters. The molecule has 0 aliphatic rings. The maximum absolute atomic E-state index is 2.43. The molecule has 0 radical (unpaired) electrons. The highest BCUT2D eigenvalue weighted by molar-refractivity contribution is 4.61. The van der Waals surface area contributed by atoms with E-state index in [1.54, 1.807) is 0 Å². The van der Waals surface area contributed by atoms with Crippen LogP contribution in [-0.2, 0) is 0 Å². The second-order valence-corrected chi connectivity index (χ2v) is 13.9. The van der Waals surface area contributed by atoms with Gasteiger partial charge in [-0.2, -0.15) is 0 Å². The van der Waals surface area contributed by atoms with Gasteiger partial charge in [0.2, 0.25) is 0 Å². The summed E-state index contributed by atoms with van der Waals surface area (Å²) in [6, 6.07) is 0. The Labute approximate surface area is 193 Å². The zero-order valence-corrected chi connectivity index (χ0v) is 23.2. The lowest BCUT2D eigenvalue weighted by molar-refractivity contribution is -0.891.